The predicted molar refractivity (Wildman–Crippen MR) is 73.9 cm³/mol. The normalized spacial score (nSPS) is 34.6. The van der Waals surface area contributed by atoms with Crippen LogP contribution in [0.3, 0.4) is 0 Å². The Morgan fingerprint density at radius 2 is 1.94 bits per heavy atom. The maximum absolute atomic E-state index is 6.16. The SMILES string of the molecule is CC(C)CN(C)C1(CN)CCCC(C2CC2)C1. The van der Waals surface area contributed by atoms with Crippen LogP contribution in [0.2, 0.25) is 0 Å². The Balaban J connectivity index is 2.00. The molecular formula is C15H30N2. The number of rotatable bonds is 5. The highest BCUT2D eigenvalue weighted by Gasteiger charge is 2.43. The van der Waals surface area contributed by atoms with Crippen LogP contribution in [0.1, 0.15) is 52.4 Å². The zero-order valence-corrected chi connectivity index (χ0v) is 11.9. The molecule has 0 radical (unpaired) electrons. The third-order valence-electron chi connectivity index (χ3n) is 4.98. The van der Waals surface area contributed by atoms with Crippen LogP contribution in [-0.4, -0.2) is 30.6 Å². The molecule has 17 heavy (non-hydrogen) atoms. The van der Waals surface area contributed by atoms with E-state index in [2.05, 4.69) is 25.8 Å². The molecule has 100 valence electrons. The van der Waals surface area contributed by atoms with Gasteiger partial charge in [0.05, 0.1) is 0 Å². The second kappa shape index (κ2) is 5.27. The molecule has 0 aromatic rings. The first-order valence-corrected chi connectivity index (χ1v) is 7.49. The predicted octanol–water partition coefficient (Wildman–Crippen LogP) is 2.87. The van der Waals surface area contributed by atoms with Crippen molar-refractivity contribution in [2.75, 3.05) is 20.1 Å². The van der Waals surface area contributed by atoms with Gasteiger partial charge in [0.2, 0.25) is 0 Å². The highest BCUT2D eigenvalue weighted by molar-refractivity contribution is 4.99. The van der Waals surface area contributed by atoms with E-state index in [1.165, 1.54) is 45.1 Å². The maximum atomic E-state index is 6.16. The van der Waals surface area contributed by atoms with Gasteiger partial charge in [-0.2, -0.15) is 0 Å². The molecule has 2 N–H and O–H groups in total. The largest absolute Gasteiger partial charge is 0.329 e. The van der Waals surface area contributed by atoms with Crippen molar-refractivity contribution < 1.29 is 0 Å². The van der Waals surface area contributed by atoms with Gasteiger partial charge in [-0.25, -0.2) is 0 Å². The minimum Gasteiger partial charge on any atom is -0.329 e. The van der Waals surface area contributed by atoms with E-state index in [1.807, 2.05) is 0 Å². The van der Waals surface area contributed by atoms with Gasteiger partial charge in [0.25, 0.3) is 0 Å². The number of nitrogens with zero attached hydrogens (tertiary/aromatic N) is 1. The Morgan fingerprint density at radius 1 is 1.24 bits per heavy atom. The van der Waals surface area contributed by atoms with Crippen LogP contribution >= 0.6 is 0 Å². The number of nitrogens with two attached hydrogens (primary N) is 1. The number of likely N-dealkylation sites (N-methyl/N-ethyl adjacent to an activating group) is 1. The van der Waals surface area contributed by atoms with Gasteiger partial charge < -0.3 is 5.73 Å². The Hall–Kier alpha value is -0.0800. The second-order valence-corrected chi connectivity index (χ2v) is 6.90. The number of hydrogen-bond acceptors (Lipinski definition) is 2. The molecule has 0 saturated heterocycles. The molecule has 2 aliphatic rings. The molecule has 2 fully saturated rings. The van der Waals surface area contributed by atoms with E-state index in [4.69, 9.17) is 5.73 Å². The molecule has 2 rings (SSSR count). The summed E-state index contributed by atoms with van der Waals surface area (Å²) in [6.45, 7) is 6.65. The average Bonchev–Trinajstić information content (AvgIpc) is 3.12. The summed E-state index contributed by atoms with van der Waals surface area (Å²) >= 11 is 0. The summed E-state index contributed by atoms with van der Waals surface area (Å²) in [5.41, 5.74) is 6.47. The van der Waals surface area contributed by atoms with Crippen molar-refractivity contribution in [2.45, 2.75) is 57.9 Å². The van der Waals surface area contributed by atoms with Crippen molar-refractivity contribution in [1.82, 2.24) is 4.90 Å². The third kappa shape index (κ3) is 3.03. The molecule has 2 atom stereocenters. The first kappa shape index (κ1) is 13.4. The first-order chi connectivity index (χ1) is 8.07. The minimum atomic E-state index is 0.315. The molecule has 0 aliphatic heterocycles. The Morgan fingerprint density at radius 3 is 2.47 bits per heavy atom. The molecule has 2 heteroatoms. The van der Waals surface area contributed by atoms with Crippen LogP contribution in [0.15, 0.2) is 0 Å². The van der Waals surface area contributed by atoms with E-state index in [0.717, 1.165) is 24.3 Å². The molecule has 2 nitrogen and oxygen atoms in total. The Kier molecular flexibility index (Phi) is 4.14. The molecule has 0 spiro atoms. The highest BCUT2D eigenvalue weighted by atomic mass is 15.2. The van der Waals surface area contributed by atoms with Crippen molar-refractivity contribution in [1.29, 1.82) is 0 Å². The van der Waals surface area contributed by atoms with Crippen molar-refractivity contribution in [3.05, 3.63) is 0 Å². The van der Waals surface area contributed by atoms with Gasteiger partial charge in [-0.3, -0.25) is 4.90 Å². The lowest BCUT2D eigenvalue weighted by atomic mass is 9.72. The van der Waals surface area contributed by atoms with Crippen LogP contribution in [0.4, 0.5) is 0 Å². The van der Waals surface area contributed by atoms with Gasteiger partial charge in [0.15, 0.2) is 0 Å². The Labute approximate surface area is 107 Å². The maximum Gasteiger partial charge on any atom is 0.0331 e. The van der Waals surface area contributed by atoms with E-state index in [1.54, 1.807) is 0 Å². The zero-order valence-electron chi connectivity index (χ0n) is 11.9. The average molecular weight is 238 g/mol. The first-order valence-electron chi connectivity index (χ1n) is 7.49. The quantitative estimate of drug-likeness (QED) is 0.798. The van der Waals surface area contributed by atoms with Gasteiger partial charge in [0, 0.05) is 18.6 Å². The van der Waals surface area contributed by atoms with Crippen LogP contribution < -0.4 is 5.73 Å². The van der Waals surface area contributed by atoms with Gasteiger partial charge in [-0.1, -0.05) is 26.7 Å². The van der Waals surface area contributed by atoms with E-state index < -0.39 is 0 Å². The summed E-state index contributed by atoms with van der Waals surface area (Å²) in [6, 6.07) is 0. The van der Waals surface area contributed by atoms with Gasteiger partial charge in [-0.05, 0) is 50.5 Å². The fourth-order valence-corrected chi connectivity index (χ4v) is 3.78. The molecular weight excluding hydrogens is 208 g/mol. The van der Waals surface area contributed by atoms with E-state index >= 15 is 0 Å². The van der Waals surface area contributed by atoms with Crippen LogP contribution in [0.25, 0.3) is 0 Å². The van der Waals surface area contributed by atoms with Gasteiger partial charge in [-0.15, -0.1) is 0 Å². The summed E-state index contributed by atoms with van der Waals surface area (Å²) in [5.74, 6) is 2.76. The molecule has 2 unspecified atom stereocenters. The van der Waals surface area contributed by atoms with E-state index in [-0.39, 0.29) is 0 Å². The van der Waals surface area contributed by atoms with Gasteiger partial charge >= 0.3 is 0 Å². The summed E-state index contributed by atoms with van der Waals surface area (Å²) in [5, 5.41) is 0. The number of hydrogen-bond donors (Lipinski definition) is 1. The zero-order chi connectivity index (χ0) is 12.5. The summed E-state index contributed by atoms with van der Waals surface area (Å²) in [6.07, 6.45) is 8.49. The van der Waals surface area contributed by atoms with E-state index in [9.17, 15) is 0 Å². The third-order valence-corrected chi connectivity index (χ3v) is 4.98. The lowest BCUT2D eigenvalue weighted by Gasteiger charge is -2.47. The van der Waals surface area contributed by atoms with Crippen molar-refractivity contribution >= 4 is 0 Å². The molecule has 0 bridgehead atoms. The van der Waals surface area contributed by atoms with Crippen molar-refractivity contribution in [2.24, 2.45) is 23.5 Å². The smallest absolute Gasteiger partial charge is 0.0331 e. The van der Waals surface area contributed by atoms with E-state index in [0.29, 0.717) is 5.54 Å². The highest BCUT2D eigenvalue weighted by Crippen LogP contribution is 2.47. The topological polar surface area (TPSA) is 29.3 Å². The molecule has 2 saturated carbocycles. The van der Waals surface area contributed by atoms with Crippen molar-refractivity contribution in [3.8, 4) is 0 Å². The molecule has 0 aromatic carbocycles. The molecule has 2 aliphatic carbocycles. The molecule has 0 amide bonds. The van der Waals surface area contributed by atoms with Crippen LogP contribution in [0, 0.1) is 17.8 Å². The minimum absolute atomic E-state index is 0.315. The van der Waals surface area contributed by atoms with Crippen LogP contribution in [0.5, 0.6) is 0 Å². The standard InChI is InChI=1S/C15H30N2/c1-12(2)10-17(3)15(11-16)8-4-5-14(9-15)13-6-7-13/h12-14H,4-11,16H2,1-3H3. The summed E-state index contributed by atoms with van der Waals surface area (Å²) in [4.78, 5) is 2.58. The lowest BCUT2D eigenvalue weighted by molar-refractivity contribution is 0.0435. The fraction of sp³-hybridized carbons (Fsp3) is 1.00. The Bertz CT molecular complexity index is 247. The molecule has 0 aromatic heterocycles. The molecule has 0 heterocycles. The van der Waals surface area contributed by atoms with Gasteiger partial charge in [0.1, 0.15) is 0 Å². The van der Waals surface area contributed by atoms with Crippen LogP contribution in [-0.2, 0) is 0 Å². The lowest BCUT2D eigenvalue weighted by Crippen LogP contribution is -2.55. The fourth-order valence-electron chi connectivity index (χ4n) is 3.78. The summed E-state index contributed by atoms with van der Waals surface area (Å²) < 4.78 is 0. The van der Waals surface area contributed by atoms with Crippen molar-refractivity contribution in [3.63, 3.8) is 0 Å². The monoisotopic (exact) mass is 238 g/mol. The summed E-state index contributed by atoms with van der Waals surface area (Å²) in [7, 11) is 2.29. The second-order valence-electron chi connectivity index (χ2n) is 6.90.